The Morgan fingerprint density at radius 2 is 1.88 bits per heavy atom. The predicted octanol–water partition coefficient (Wildman–Crippen LogP) is 3.03. The topological polar surface area (TPSA) is 69.2 Å². The van der Waals surface area contributed by atoms with Crippen LogP contribution in [0.4, 0.5) is 0 Å². The molecule has 0 saturated heterocycles. The summed E-state index contributed by atoms with van der Waals surface area (Å²) in [5, 5.41) is 4.70. The highest BCUT2D eigenvalue weighted by molar-refractivity contribution is 6.30. The molecule has 0 saturated carbocycles. The van der Waals surface area contributed by atoms with E-state index in [-0.39, 0.29) is 12.5 Å². The molecule has 6 nitrogen and oxygen atoms in total. The third kappa shape index (κ3) is 4.64. The van der Waals surface area contributed by atoms with Gasteiger partial charge in [-0.05, 0) is 49.4 Å². The number of carbonyl (C=O) groups is 1. The minimum atomic E-state index is -0.355. The van der Waals surface area contributed by atoms with Gasteiger partial charge >= 0.3 is 0 Å². The van der Waals surface area contributed by atoms with Gasteiger partial charge in [-0.15, -0.1) is 0 Å². The van der Waals surface area contributed by atoms with E-state index < -0.39 is 0 Å². The van der Waals surface area contributed by atoms with Crippen molar-refractivity contribution in [2.75, 3.05) is 19.8 Å². The first-order chi connectivity index (χ1) is 12.1. The number of hydrazone groups is 1. The van der Waals surface area contributed by atoms with Crippen LogP contribution in [-0.4, -0.2) is 31.4 Å². The third-order valence-corrected chi connectivity index (χ3v) is 3.74. The van der Waals surface area contributed by atoms with Gasteiger partial charge in [-0.1, -0.05) is 11.6 Å². The summed E-state index contributed by atoms with van der Waals surface area (Å²) >= 11 is 5.79. The van der Waals surface area contributed by atoms with Crippen LogP contribution < -0.4 is 19.6 Å². The summed E-state index contributed by atoms with van der Waals surface area (Å²) in [7, 11) is 0. The first-order valence-corrected chi connectivity index (χ1v) is 8.11. The van der Waals surface area contributed by atoms with Crippen LogP contribution >= 0.6 is 11.6 Å². The van der Waals surface area contributed by atoms with Crippen LogP contribution in [0.25, 0.3) is 0 Å². The van der Waals surface area contributed by atoms with Crippen molar-refractivity contribution in [3.63, 3.8) is 0 Å². The van der Waals surface area contributed by atoms with E-state index in [4.69, 9.17) is 25.8 Å². The molecule has 0 unspecified atom stereocenters. The SMILES string of the molecule is C/C(=N/NC(=O)COc1ccc(Cl)cc1)c1ccc2c(c1)OCCO2. The van der Waals surface area contributed by atoms with Gasteiger partial charge in [-0.3, -0.25) is 4.79 Å². The molecule has 0 bridgehead atoms. The van der Waals surface area contributed by atoms with Crippen molar-refractivity contribution in [3.8, 4) is 17.2 Å². The number of benzene rings is 2. The minimum Gasteiger partial charge on any atom is -0.486 e. The maximum absolute atomic E-state index is 11.8. The van der Waals surface area contributed by atoms with Gasteiger partial charge in [0.1, 0.15) is 19.0 Å². The van der Waals surface area contributed by atoms with E-state index in [1.54, 1.807) is 31.2 Å². The van der Waals surface area contributed by atoms with E-state index in [9.17, 15) is 4.79 Å². The maximum Gasteiger partial charge on any atom is 0.277 e. The molecule has 7 heteroatoms. The monoisotopic (exact) mass is 360 g/mol. The first-order valence-electron chi connectivity index (χ1n) is 7.73. The minimum absolute atomic E-state index is 0.139. The molecule has 0 fully saturated rings. The summed E-state index contributed by atoms with van der Waals surface area (Å²) in [6, 6.07) is 12.3. The van der Waals surface area contributed by atoms with Gasteiger partial charge in [0.2, 0.25) is 0 Å². The van der Waals surface area contributed by atoms with Crippen molar-refractivity contribution in [3.05, 3.63) is 53.1 Å². The quantitative estimate of drug-likeness (QED) is 0.657. The molecule has 1 heterocycles. The number of hydrogen-bond donors (Lipinski definition) is 1. The molecule has 2 aromatic rings. The van der Waals surface area contributed by atoms with Crippen molar-refractivity contribution in [1.29, 1.82) is 0 Å². The summed E-state index contributed by atoms with van der Waals surface area (Å²) in [6.45, 7) is 2.72. The highest BCUT2D eigenvalue weighted by atomic mass is 35.5. The molecule has 0 aliphatic carbocycles. The van der Waals surface area contributed by atoms with Crippen LogP contribution in [0, 0.1) is 0 Å². The first kappa shape index (κ1) is 17.1. The fraction of sp³-hybridized carbons (Fsp3) is 0.222. The Morgan fingerprint density at radius 1 is 1.16 bits per heavy atom. The summed E-state index contributed by atoms with van der Waals surface area (Å²) in [5.41, 5.74) is 3.95. The number of nitrogens with zero attached hydrogens (tertiary/aromatic N) is 1. The average molecular weight is 361 g/mol. The molecule has 3 rings (SSSR count). The Hall–Kier alpha value is -2.73. The van der Waals surface area contributed by atoms with Crippen molar-refractivity contribution in [2.45, 2.75) is 6.92 Å². The molecular formula is C18H17ClN2O4. The Kier molecular flexibility index (Phi) is 5.40. The number of halogens is 1. The zero-order valence-corrected chi connectivity index (χ0v) is 14.4. The summed E-state index contributed by atoms with van der Waals surface area (Å²) in [6.07, 6.45) is 0. The van der Waals surface area contributed by atoms with Crippen molar-refractivity contribution in [1.82, 2.24) is 5.43 Å². The molecule has 0 spiro atoms. The molecule has 0 radical (unpaired) electrons. The number of rotatable bonds is 5. The molecule has 1 amide bonds. The van der Waals surface area contributed by atoms with E-state index in [0.717, 1.165) is 5.56 Å². The second kappa shape index (κ2) is 7.90. The number of fused-ring (bicyclic) bond motifs is 1. The molecule has 1 aliphatic heterocycles. The lowest BCUT2D eigenvalue weighted by atomic mass is 10.1. The van der Waals surface area contributed by atoms with Gasteiger partial charge in [-0.2, -0.15) is 5.10 Å². The summed E-state index contributed by atoms with van der Waals surface area (Å²) in [4.78, 5) is 11.8. The van der Waals surface area contributed by atoms with Gasteiger partial charge in [-0.25, -0.2) is 5.43 Å². The molecule has 130 valence electrons. The van der Waals surface area contributed by atoms with Crippen molar-refractivity contribution < 1.29 is 19.0 Å². The van der Waals surface area contributed by atoms with Crippen LogP contribution in [-0.2, 0) is 4.79 Å². The van der Waals surface area contributed by atoms with Gasteiger partial charge in [0.05, 0.1) is 5.71 Å². The molecular weight excluding hydrogens is 344 g/mol. The van der Waals surface area contributed by atoms with Gasteiger partial charge < -0.3 is 14.2 Å². The molecule has 1 N–H and O–H groups in total. The van der Waals surface area contributed by atoms with Crippen LogP contribution in [0.2, 0.25) is 5.02 Å². The summed E-state index contributed by atoms with van der Waals surface area (Å²) < 4.78 is 16.4. The molecule has 0 atom stereocenters. The Bertz CT molecular complexity index is 790. The Labute approximate surface area is 150 Å². The average Bonchev–Trinajstić information content (AvgIpc) is 2.65. The number of carbonyl (C=O) groups excluding carboxylic acids is 1. The van der Waals surface area contributed by atoms with E-state index in [2.05, 4.69) is 10.5 Å². The molecule has 2 aromatic carbocycles. The Balaban J connectivity index is 1.55. The normalized spacial score (nSPS) is 13.3. The van der Waals surface area contributed by atoms with Gasteiger partial charge in [0.15, 0.2) is 18.1 Å². The van der Waals surface area contributed by atoms with Gasteiger partial charge in [0.25, 0.3) is 5.91 Å². The second-order valence-corrected chi connectivity index (χ2v) is 5.77. The number of hydrogen-bond acceptors (Lipinski definition) is 5. The number of ether oxygens (including phenoxy) is 3. The highest BCUT2D eigenvalue weighted by Gasteiger charge is 2.12. The zero-order valence-electron chi connectivity index (χ0n) is 13.6. The Morgan fingerprint density at radius 3 is 2.64 bits per heavy atom. The standard InChI is InChI=1S/C18H17ClN2O4/c1-12(13-2-7-16-17(10-13)24-9-8-23-16)20-21-18(22)11-25-15-5-3-14(19)4-6-15/h2-7,10H,8-9,11H2,1H3,(H,21,22)/b20-12-. The van der Waals surface area contributed by atoms with Crippen molar-refractivity contribution >= 4 is 23.2 Å². The summed E-state index contributed by atoms with van der Waals surface area (Å²) in [5.74, 6) is 1.60. The molecule has 0 aromatic heterocycles. The smallest absolute Gasteiger partial charge is 0.277 e. The number of nitrogens with one attached hydrogen (secondary N) is 1. The lowest BCUT2D eigenvalue weighted by Gasteiger charge is -2.18. The van der Waals surface area contributed by atoms with Crippen LogP contribution in [0.15, 0.2) is 47.6 Å². The van der Waals surface area contributed by atoms with Crippen LogP contribution in [0.3, 0.4) is 0 Å². The fourth-order valence-electron chi connectivity index (χ4n) is 2.19. The highest BCUT2D eigenvalue weighted by Crippen LogP contribution is 2.30. The third-order valence-electron chi connectivity index (χ3n) is 3.49. The predicted molar refractivity (Wildman–Crippen MR) is 94.7 cm³/mol. The lowest BCUT2D eigenvalue weighted by molar-refractivity contribution is -0.123. The van der Waals surface area contributed by atoms with Crippen LogP contribution in [0.5, 0.6) is 17.2 Å². The fourth-order valence-corrected chi connectivity index (χ4v) is 2.32. The second-order valence-electron chi connectivity index (χ2n) is 5.33. The maximum atomic E-state index is 11.8. The zero-order chi connectivity index (χ0) is 17.6. The van der Waals surface area contributed by atoms with Crippen molar-refractivity contribution in [2.24, 2.45) is 5.10 Å². The van der Waals surface area contributed by atoms with E-state index in [1.165, 1.54) is 0 Å². The van der Waals surface area contributed by atoms with Crippen LogP contribution in [0.1, 0.15) is 12.5 Å². The largest absolute Gasteiger partial charge is 0.486 e. The van der Waals surface area contributed by atoms with E-state index >= 15 is 0 Å². The van der Waals surface area contributed by atoms with E-state index in [0.29, 0.717) is 41.2 Å². The lowest BCUT2D eigenvalue weighted by Crippen LogP contribution is -2.25. The molecule has 25 heavy (non-hydrogen) atoms. The molecule has 1 aliphatic rings. The number of amides is 1. The van der Waals surface area contributed by atoms with Gasteiger partial charge in [0, 0.05) is 10.6 Å². The van der Waals surface area contributed by atoms with E-state index in [1.807, 2.05) is 18.2 Å².